The standard InChI is InChI=1S/C6H10O2S/c1-6(2)3-4-8-5(6)9-7/h3-4H2,1-2H3. The summed E-state index contributed by atoms with van der Waals surface area (Å²) in [5.74, 6) is 0. The molecule has 1 saturated heterocycles. The Morgan fingerprint density at radius 3 is 2.56 bits per heavy atom. The van der Waals surface area contributed by atoms with E-state index in [1.165, 1.54) is 0 Å². The molecule has 0 atom stereocenters. The van der Waals surface area contributed by atoms with Crippen molar-refractivity contribution in [3.63, 3.8) is 0 Å². The highest BCUT2D eigenvalue weighted by Crippen LogP contribution is 2.27. The summed E-state index contributed by atoms with van der Waals surface area (Å²) in [4.78, 5) is 0. The number of rotatable bonds is 0. The van der Waals surface area contributed by atoms with Crippen molar-refractivity contribution in [2.45, 2.75) is 20.3 Å². The molecular formula is C6H10O2S. The molecule has 1 aliphatic heterocycles. The van der Waals surface area contributed by atoms with Gasteiger partial charge in [-0.1, -0.05) is 13.8 Å². The Morgan fingerprint density at radius 2 is 2.33 bits per heavy atom. The molecule has 0 saturated carbocycles. The highest BCUT2D eigenvalue weighted by Gasteiger charge is 2.31. The molecule has 1 aliphatic rings. The molecule has 1 heterocycles. The van der Waals surface area contributed by atoms with Crippen molar-refractivity contribution in [3.05, 3.63) is 0 Å². The molecule has 3 heteroatoms. The largest absolute Gasteiger partial charge is 0.336 e. The molecule has 0 spiro atoms. The minimum atomic E-state index is 0.00637. The Morgan fingerprint density at radius 1 is 1.67 bits per heavy atom. The zero-order chi connectivity index (χ0) is 6.91. The third-order valence-corrected chi connectivity index (χ3v) is 2.41. The molecule has 1 rings (SSSR count). The quantitative estimate of drug-likeness (QED) is 0.472. The first-order chi connectivity index (χ1) is 4.17. The highest BCUT2D eigenvalue weighted by molar-refractivity contribution is 7.66. The normalized spacial score (nSPS) is 24.4. The lowest BCUT2D eigenvalue weighted by Gasteiger charge is -2.12. The van der Waals surface area contributed by atoms with Gasteiger partial charge in [-0.25, -0.2) is 4.21 Å². The van der Waals surface area contributed by atoms with E-state index < -0.39 is 0 Å². The third-order valence-electron chi connectivity index (χ3n) is 1.59. The smallest absolute Gasteiger partial charge is 0.151 e. The van der Waals surface area contributed by atoms with Crippen molar-refractivity contribution >= 4 is 16.3 Å². The van der Waals surface area contributed by atoms with Gasteiger partial charge in [0.2, 0.25) is 0 Å². The summed E-state index contributed by atoms with van der Waals surface area (Å²) in [6.45, 7) is 4.76. The molecule has 2 nitrogen and oxygen atoms in total. The minimum absolute atomic E-state index is 0.00637. The van der Waals surface area contributed by atoms with Gasteiger partial charge in [0.15, 0.2) is 5.05 Å². The molecule has 1 fully saturated rings. The van der Waals surface area contributed by atoms with Gasteiger partial charge in [-0.05, 0) is 6.42 Å². The van der Waals surface area contributed by atoms with E-state index in [9.17, 15) is 4.21 Å². The lowest BCUT2D eigenvalue weighted by atomic mass is 9.93. The fourth-order valence-electron chi connectivity index (χ4n) is 0.833. The van der Waals surface area contributed by atoms with Crippen molar-refractivity contribution in [1.29, 1.82) is 0 Å². The van der Waals surface area contributed by atoms with Gasteiger partial charge >= 0.3 is 0 Å². The number of hydrogen-bond acceptors (Lipinski definition) is 2. The molecule has 0 aromatic carbocycles. The maximum Gasteiger partial charge on any atom is 0.151 e. The summed E-state index contributed by atoms with van der Waals surface area (Å²) in [6, 6.07) is 0. The summed E-state index contributed by atoms with van der Waals surface area (Å²) in [5, 5.41) is 0.641. The Labute approximate surface area is 58.3 Å². The van der Waals surface area contributed by atoms with Crippen LogP contribution in [0.15, 0.2) is 0 Å². The average Bonchev–Trinajstić information content (AvgIpc) is 2.08. The summed E-state index contributed by atoms with van der Waals surface area (Å²) in [5.41, 5.74) is 0.00637. The van der Waals surface area contributed by atoms with Crippen LogP contribution in [-0.4, -0.2) is 15.9 Å². The molecule has 9 heavy (non-hydrogen) atoms. The van der Waals surface area contributed by atoms with E-state index in [1.807, 2.05) is 13.8 Å². The zero-order valence-corrected chi connectivity index (χ0v) is 6.46. The summed E-state index contributed by atoms with van der Waals surface area (Å²) < 4.78 is 15.4. The molecule has 0 aliphatic carbocycles. The highest BCUT2D eigenvalue weighted by atomic mass is 32.1. The second kappa shape index (κ2) is 2.23. The molecule has 0 bridgehead atoms. The van der Waals surface area contributed by atoms with Gasteiger partial charge in [0, 0.05) is 5.41 Å². The van der Waals surface area contributed by atoms with Gasteiger partial charge in [0.05, 0.1) is 6.61 Å². The Hall–Kier alpha value is -0.150. The van der Waals surface area contributed by atoms with E-state index in [2.05, 4.69) is 0 Å². The lowest BCUT2D eigenvalue weighted by molar-refractivity contribution is 0.350. The van der Waals surface area contributed by atoms with Gasteiger partial charge in [0.25, 0.3) is 0 Å². The fourth-order valence-corrected chi connectivity index (χ4v) is 1.29. The van der Waals surface area contributed by atoms with Crippen LogP contribution < -0.4 is 0 Å². The maximum atomic E-state index is 10.3. The monoisotopic (exact) mass is 146 g/mol. The second-order valence-corrected chi connectivity index (χ2v) is 3.39. The lowest BCUT2D eigenvalue weighted by Crippen LogP contribution is -2.17. The van der Waals surface area contributed by atoms with Gasteiger partial charge in [-0.3, -0.25) is 0 Å². The Balaban J connectivity index is 2.87. The molecule has 0 aromatic rings. The van der Waals surface area contributed by atoms with Crippen molar-refractivity contribution in [2.24, 2.45) is 5.41 Å². The topological polar surface area (TPSA) is 26.3 Å². The van der Waals surface area contributed by atoms with E-state index >= 15 is 0 Å². The van der Waals surface area contributed by atoms with E-state index in [1.54, 1.807) is 0 Å². The second-order valence-electron chi connectivity index (χ2n) is 2.85. The number of ether oxygens (including phenoxy) is 1. The van der Waals surface area contributed by atoms with Crippen LogP contribution in [0.25, 0.3) is 0 Å². The summed E-state index contributed by atoms with van der Waals surface area (Å²) in [6.07, 6.45) is 0.970. The Bertz CT molecular complexity index is 168. The van der Waals surface area contributed by atoms with Crippen LogP contribution >= 0.6 is 0 Å². The van der Waals surface area contributed by atoms with Gasteiger partial charge in [-0.2, -0.15) is 0 Å². The average molecular weight is 146 g/mol. The molecule has 0 aromatic heterocycles. The van der Waals surface area contributed by atoms with Crippen LogP contribution in [0, 0.1) is 5.41 Å². The molecule has 52 valence electrons. The van der Waals surface area contributed by atoms with E-state index in [4.69, 9.17) is 4.74 Å². The number of hydrogen-bond donors (Lipinski definition) is 0. The predicted octanol–water partition coefficient (Wildman–Crippen LogP) is 0.776. The van der Waals surface area contributed by atoms with Crippen molar-refractivity contribution in [1.82, 2.24) is 0 Å². The van der Waals surface area contributed by atoms with Crippen molar-refractivity contribution < 1.29 is 8.95 Å². The van der Waals surface area contributed by atoms with E-state index in [0.717, 1.165) is 6.42 Å². The predicted molar refractivity (Wildman–Crippen MR) is 37.5 cm³/mol. The molecule has 0 N–H and O–H groups in total. The molecule has 0 radical (unpaired) electrons. The van der Waals surface area contributed by atoms with Crippen LogP contribution in [0.1, 0.15) is 20.3 Å². The SMILES string of the molecule is CC1(C)CCOC1=S=O. The van der Waals surface area contributed by atoms with E-state index in [-0.39, 0.29) is 5.41 Å². The van der Waals surface area contributed by atoms with Crippen LogP contribution in [-0.2, 0) is 16.0 Å². The molecular weight excluding hydrogens is 136 g/mol. The molecule has 0 amide bonds. The van der Waals surface area contributed by atoms with E-state index in [0.29, 0.717) is 22.9 Å². The minimum Gasteiger partial charge on any atom is -0.336 e. The zero-order valence-electron chi connectivity index (χ0n) is 5.64. The van der Waals surface area contributed by atoms with Crippen LogP contribution in [0.3, 0.4) is 0 Å². The van der Waals surface area contributed by atoms with Crippen LogP contribution in [0.5, 0.6) is 0 Å². The first kappa shape index (κ1) is 6.96. The fraction of sp³-hybridized carbons (Fsp3) is 0.833. The van der Waals surface area contributed by atoms with Gasteiger partial charge < -0.3 is 4.74 Å². The first-order valence-electron chi connectivity index (χ1n) is 2.97. The van der Waals surface area contributed by atoms with Crippen molar-refractivity contribution in [3.8, 4) is 0 Å². The van der Waals surface area contributed by atoms with Crippen LogP contribution in [0.4, 0.5) is 0 Å². The maximum absolute atomic E-state index is 10.3. The van der Waals surface area contributed by atoms with Crippen LogP contribution in [0.2, 0.25) is 0 Å². The first-order valence-corrected chi connectivity index (χ1v) is 3.71. The Kier molecular flexibility index (Phi) is 1.73. The molecule has 0 unspecified atom stereocenters. The third kappa shape index (κ3) is 1.22. The summed E-state index contributed by atoms with van der Waals surface area (Å²) in [7, 11) is 0. The van der Waals surface area contributed by atoms with Crippen molar-refractivity contribution in [2.75, 3.05) is 6.61 Å². The van der Waals surface area contributed by atoms with Gasteiger partial charge in [-0.15, -0.1) is 0 Å². The van der Waals surface area contributed by atoms with Gasteiger partial charge in [0.1, 0.15) is 11.3 Å². The summed E-state index contributed by atoms with van der Waals surface area (Å²) >= 11 is 0.484.